The van der Waals surface area contributed by atoms with Gasteiger partial charge < -0.3 is 0 Å². The quantitative estimate of drug-likeness (QED) is 0.706. The molecule has 2 N–H and O–H groups in total. The van der Waals surface area contributed by atoms with Crippen LogP contribution >= 0.6 is 24.8 Å². The molecule has 3 aliphatic rings. The van der Waals surface area contributed by atoms with E-state index in [-0.39, 0.29) is 24.8 Å². The van der Waals surface area contributed by atoms with Gasteiger partial charge in [0.25, 0.3) is 0 Å². The summed E-state index contributed by atoms with van der Waals surface area (Å²) in [6.07, 6.45) is 16.1. The molecule has 108 valence electrons. The maximum atomic E-state index is 3.61. The molecule has 3 fully saturated rings. The normalized spacial score (nSPS) is 29.3. The highest BCUT2D eigenvalue weighted by atomic mass is 35.5. The monoisotopic (exact) mass is 294 g/mol. The Balaban J connectivity index is 0.000000810. The van der Waals surface area contributed by atoms with Crippen molar-refractivity contribution in [3.05, 3.63) is 0 Å². The lowest BCUT2D eigenvalue weighted by Gasteiger charge is -2.50. The van der Waals surface area contributed by atoms with Gasteiger partial charge in [-0.25, -0.2) is 0 Å². The Kier molecular flexibility index (Phi) is 6.24. The summed E-state index contributed by atoms with van der Waals surface area (Å²) in [5.41, 5.74) is 8.23. The summed E-state index contributed by atoms with van der Waals surface area (Å²) < 4.78 is 0. The third-order valence-corrected chi connectivity index (χ3v) is 5.49. The predicted octanol–water partition coefficient (Wildman–Crippen LogP) is 3.98. The first-order chi connectivity index (χ1) is 7.83. The SMILES string of the molecule is C1CCC2(CC1)CCC1(CCCNN1)CC2.Cl.Cl. The van der Waals surface area contributed by atoms with Crippen molar-refractivity contribution in [3.63, 3.8) is 0 Å². The van der Waals surface area contributed by atoms with Gasteiger partial charge in [-0.2, -0.15) is 0 Å². The molecule has 1 saturated heterocycles. The van der Waals surface area contributed by atoms with Crippen LogP contribution < -0.4 is 10.9 Å². The lowest BCUT2D eigenvalue weighted by atomic mass is 9.60. The van der Waals surface area contributed by atoms with Gasteiger partial charge in [0, 0.05) is 12.1 Å². The second-order valence-corrected chi connectivity index (χ2v) is 6.50. The van der Waals surface area contributed by atoms with E-state index in [9.17, 15) is 0 Å². The highest BCUT2D eigenvalue weighted by Crippen LogP contribution is 2.50. The number of nitrogens with one attached hydrogen (secondary N) is 2. The van der Waals surface area contributed by atoms with Gasteiger partial charge in [-0.1, -0.05) is 19.3 Å². The molecule has 0 bridgehead atoms. The van der Waals surface area contributed by atoms with Crippen LogP contribution in [0.5, 0.6) is 0 Å². The molecule has 0 amide bonds. The van der Waals surface area contributed by atoms with Crippen LogP contribution in [0.1, 0.15) is 70.6 Å². The lowest BCUT2D eigenvalue weighted by molar-refractivity contribution is 0.0468. The average Bonchev–Trinajstić information content (AvgIpc) is 2.36. The summed E-state index contributed by atoms with van der Waals surface area (Å²) in [7, 11) is 0. The third kappa shape index (κ3) is 3.33. The number of hydrazine groups is 1. The van der Waals surface area contributed by atoms with Crippen molar-refractivity contribution in [1.82, 2.24) is 10.9 Å². The molecule has 18 heavy (non-hydrogen) atoms. The topological polar surface area (TPSA) is 24.1 Å². The number of hydrogen-bond acceptors (Lipinski definition) is 2. The van der Waals surface area contributed by atoms with Crippen molar-refractivity contribution in [2.75, 3.05) is 6.54 Å². The van der Waals surface area contributed by atoms with E-state index in [1.54, 1.807) is 0 Å². The van der Waals surface area contributed by atoms with E-state index < -0.39 is 0 Å². The fraction of sp³-hybridized carbons (Fsp3) is 1.00. The first-order valence-electron chi connectivity index (χ1n) is 7.33. The van der Waals surface area contributed by atoms with Crippen molar-refractivity contribution in [2.24, 2.45) is 5.41 Å². The summed E-state index contributed by atoms with van der Waals surface area (Å²) in [6.45, 7) is 1.16. The standard InChI is InChI=1S/C14H26N2.2ClH/c1-2-5-13(6-3-1)8-10-14(11-9-13)7-4-12-15-16-14;;/h15-16H,1-12H2;2*1H. The molecule has 4 heteroatoms. The Morgan fingerprint density at radius 3 is 1.83 bits per heavy atom. The Labute approximate surface area is 124 Å². The van der Waals surface area contributed by atoms with Gasteiger partial charge in [0.05, 0.1) is 0 Å². The number of halogens is 2. The first-order valence-corrected chi connectivity index (χ1v) is 7.33. The molecule has 1 aliphatic heterocycles. The minimum absolute atomic E-state index is 0. The molecule has 3 rings (SSSR count). The second-order valence-electron chi connectivity index (χ2n) is 6.50. The third-order valence-electron chi connectivity index (χ3n) is 5.49. The minimum atomic E-state index is 0. The summed E-state index contributed by atoms with van der Waals surface area (Å²) in [6, 6.07) is 0. The first kappa shape index (κ1) is 16.6. The molecule has 2 saturated carbocycles. The van der Waals surface area contributed by atoms with Crippen molar-refractivity contribution in [1.29, 1.82) is 0 Å². The highest BCUT2D eigenvalue weighted by Gasteiger charge is 2.43. The zero-order valence-electron chi connectivity index (χ0n) is 11.3. The van der Waals surface area contributed by atoms with E-state index in [1.807, 2.05) is 0 Å². The number of rotatable bonds is 0. The van der Waals surface area contributed by atoms with Crippen LogP contribution in [-0.4, -0.2) is 12.1 Å². The van der Waals surface area contributed by atoms with Gasteiger partial charge in [-0.3, -0.25) is 10.9 Å². The molecule has 0 aromatic carbocycles. The fourth-order valence-electron chi connectivity index (χ4n) is 4.26. The molecule has 1 heterocycles. The maximum absolute atomic E-state index is 3.61. The van der Waals surface area contributed by atoms with Gasteiger partial charge in [-0.15, -0.1) is 24.8 Å². The fourth-order valence-corrected chi connectivity index (χ4v) is 4.26. The molecule has 0 aromatic rings. The zero-order chi connectivity index (χ0) is 10.9. The molecule has 0 atom stereocenters. The van der Waals surface area contributed by atoms with Crippen molar-refractivity contribution < 1.29 is 0 Å². The average molecular weight is 295 g/mol. The van der Waals surface area contributed by atoms with Gasteiger partial charge in [0.1, 0.15) is 0 Å². The van der Waals surface area contributed by atoms with Crippen LogP contribution in [0, 0.1) is 5.41 Å². The summed E-state index contributed by atoms with van der Waals surface area (Å²) in [5.74, 6) is 0. The van der Waals surface area contributed by atoms with Gasteiger partial charge in [-0.05, 0) is 56.8 Å². The molecule has 2 aliphatic carbocycles. The van der Waals surface area contributed by atoms with Crippen LogP contribution in [0.4, 0.5) is 0 Å². The number of hydrogen-bond donors (Lipinski definition) is 2. The van der Waals surface area contributed by atoms with Crippen LogP contribution in [0.25, 0.3) is 0 Å². The van der Waals surface area contributed by atoms with Crippen LogP contribution in [-0.2, 0) is 0 Å². The Bertz CT molecular complexity index is 208. The summed E-state index contributed by atoms with van der Waals surface area (Å²) in [4.78, 5) is 0. The van der Waals surface area contributed by atoms with Gasteiger partial charge in [0.2, 0.25) is 0 Å². The zero-order valence-corrected chi connectivity index (χ0v) is 12.9. The smallest absolute Gasteiger partial charge is 0.0324 e. The lowest BCUT2D eigenvalue weighted by Crippen LogP contribution is -2.58. The molecule has 0 aromatic heterocycles. The van der Waals surface area contributed by atoms with E-state index in [0.29, 0.717) is 5.54 Å². The largest absolute Gasteiger partial charge is 0.257 e. The molecule has 2 spiro atoms. The van der Waals surface area contributed by atoms with Crippen LogP contribution in [0.3, 0.4) is 0 Å². The van der Waals surface area contributed by atoms with Crippen LogP contribution in [0.15, 0.2) is 0 Å². The van der Waals surface area contributed by atoms with E-state index in [4.69, 9.17) is 0 Å². The van der Waals surface area contributed by atoms with E-state index in [2.05, 4.69) is 10.9 Å². The Morgan fingerprint density at radius 1 is 0.611 bits per heavy atom. The second kappa shape index (κ2) is 6.78. The van der Waals surface area contributed by atoms with Crippen LogP contribution in [0.2, 0.25) is 0 Å². The minimum Gasteiger partial charge on any atom is -0.257 e. The summed E-state index contributed by atoms with van der Waals surface area (Å²) in [5, 5.41) is 0. The molecular weight excluding hydrogens is 267 g/mol. The van der Waals surface area contributed by atoms with Gasteiger partial charge >= 0.3 is 0 Å². The maximum Gasteiger partial charge on any atom is 0.0324 e. The molecule has 2 nitrogen and oxygen atoms in total. The highest BCUT2D eigenvalue weighted by molar-refractivity contribution is 5.85. The molecular formula is C14H28Cl2N2. The van der Waals surface area contributed by atoms with E-state index in [1.165, 1.54) is 70.6 Å². The Morgan fingerprint density at radius 2 is 1.28 bits per heavy atom. The molecule has 0 unspecified atom stereocenters. The Hall–Kier alpha value is 0.500. The molecule has 0 radical (unpaired) electrons. The van der Waals surface area contributed by atoms with E-state index >= 15 is 0 Å². The van der Waals surface area contributed by atoms with Crippen molar-refractivity contribution in [2.45, 2.75) is 76.2 Å². The van der Waals surface area contributed by atoms with Crippen molar-refractivity contribution in [3.8, 4) is 0 Å². The predicted molar refractivity (Wildman–Crippen MR) is 81.6 cm³/mol. The summed E-state index contributed by atoms with van der Waals surface area (Å²) >= 11 is 0. The van der Waals surface area contributed by atoms with Gasteiger partial charge in [0.15, 0.2) is 0 Å². The van der Waals surface area contributed by atoms with Crippen molar-refractivity contribution >= 4 is 24.8 Å². The van der Waals surface area contributed by atoms with E-state index in [0.717, 1.165) is 12.0 Å².